The van der Waals surface area contributed by atoms with Crippen LogP contribution in [-0.2, 0) is 17.4 Å². The average Bonchev–Trinajstić information content (AvgIpc) is 2.65. The van der Waals surface area contributed by atoms with Gasteiger partial charge in [-0.05, 0) is 48.7 Å². The Hall–Kier alpha value is -2.50. The van der Waals surface area contributed by atoms with Crippen molar-refractivity contribution in [1.82, 2.24) is 5.32 Å². The highest BCUT2D eigenvalue weighted by Gasteiger charge is 2.31. The number of para-hydroxylation sites is 1. The van der Waals surface area contributed by atoms with Gasteiger partial charge < -0.3 is 10.2 Å². The summed E-state index contributed by atoms with van der Waals surface area (Å²) in [5, 5.41) is 2.91. The summed E-state index contributed by atoms with van der Waals surface area (Å²) in [6, 6.07) is 13.1. The van der Waals surface area contributed by atoms with Crippen LogP contribution < -0.4 is 10.2 Å². The van der Waals surface area contributed by atoms with Gasteiger partial charge in [-0.3, -0.25) is 4.79 Å². The number of carbonyl (C=O) groups is 1. The molecule has 1 heterocycles. The van der Waals surface area contributed by atoms with Gasteiger partial charge in [-0.15, -0.1) is 0 Å². The quantitative estimate of drug-likeness (QED) is 0.856. The molecule has 0 saturated heterocycles. The third-order valence-corrected chi connectivity index (χ3v) is 4.69. The van der Waals surface area contributed by atoms with Gasteiger partial charge in [-0.1, -0.05) is 25.1 Å². The Morgan fingerprint density at radius 1 is 1.15 bits per heavy atom. The van der Waals surface area contributed by atoms with Crippen LogP contribution in [0.1, 0.15) is 30.9 Å². The number of anilines is 2. The Morgan fingerprint density at radius 2 is 1.85 bits per heavy atom. The number of rotatable bonds is 4. The van der Waals surface area contributed by atoms with Crippen LogP contribution in [-0.4, -0.2) is 18.5 Å². The molecule has 2 aromatic rings. The van der Waals surface area contributed by atoms with E-state index in [1.807, 2.05) is 29.2 Å². The number of nitrogens with one attached hydrogen (secondary N) is 1. The molecule has 26 heavy (non-hydrogen) atoms. The van der Waals surface area contributed by atoms with Gasteiger partial charge in [0.1, 0.15) is 0 Å². The van der Waals surface area contributed by atoms with Gasteiger partial charge in [0.2, 0.25) is 5.91 Å². The summed E-state index contributed by atoms with van der Waals surface area (Å²) >= 11 is 0. The van der Waals surface area contributed by atoms with Gasteiger partial charge in [0.05, 0.1) is 11.6 Å². The molecule has 0 aromatic heterocycles. The predicted octanol–water partition coefficient (Wildman–Crippen LogP) is 4.68. The first-order valence-electron chi connectivity index (χ1n) is 8.71. The maximum Gasteiger partial charge on any atom is 0.416 e. The van der Waals surface area contributed by atoms with E-state index in [4.69, 9.17) is 0 Å². The SMILES string of the molecule is CCC(=O)NCC1CCc2ccccc2N1c1ccc(C(F)(F)F)cc1. The number of fused-ring (bicyclic) bond motifs is 1. The summed E-state index contributed by atoms with van der Waals surface area (Å²) in [6.07, 6.45) is -2.25. The van der Waals surface area contributed by atoms with Gasteiger partial charge in [0, 0.05) is 24.3 Å². The van der Waals surface area contributed by atoms with Gasteiger partial charge in [0.25, 0.3) is 0 Å². The molecule has 0 radical (unpaired) electrons. The van der Waals surface area contributed by atoms with Crippen molar-refractivity contribution in [2.75, 3.05) is 11.4 Å². The lowest BCUT2D eigenvalue weighted by Crippen LogP contribution is -2.44. The number of aryl methyl sites for hydroxylation is 1. The van der Waals surface area contributed by atoms with Gasteiger partial charge in [-0.25, -0.2) is 0 Å². The second kappa shape index (κ2) is 7.40. The molecular formula is C20H21F3N2O. The molecule has 0 spiro atoms. The molecule has 1 atom stereocenters. The highest BCUT2D eigenvalue weighted by atomic mass is 19.4. The number of alkyl halides is 3. The molecule has 3 rings (SSSR count). The molecule has 2 aromatic carbocycles. The number of benzene rings is 2. The molecule has 0 fully saturated rings. The second-order valence-corrected chi connectivity index (χ2v) is 6.39. The third kappa shape index (κ3) is 3.84. The maximum absolute atomic E-state index is 12.9. The standard InChI is InChI=1S/C20H21F3N2O/c1-2-19(26)24-13-17-10-7-14-5-3-4-6-18(14)25(17)16-11-8-15(9-12-16)20(21,22)23/h3-6,8-9,11-12,17H,2,7,10,13H2,1H3,(H,24,26). The lowest BCUT2D eigenvalue weighted by Gasteiger charge is -2.39. The Morgan fingerprint density at radius 3 is 2.50 bits per heavy atom. The van der Waals surface area contributed by atoms with Crippen molar-refractivity contribution < 1.29 is 18.0 Å². The first-order valence-corrected chi connectivity index (χ1v) is 8.71. The Kier molecular flexibility index (Phi) is 5.20. The first kappa shape index (κ1) is 18.3. The van der Waals surface area contributed by atoms with Gasteiger partial charge in [0.15, 0.2) is 0 Å². The predicted molar refractivity (Wildman–Crippen MR) is 95.4 cm³/mol. The van der Waals surface area contributed by atoms with Crippen LogP contribution in [0.15, 0.2) is 48.5 Å². The van der Waals surface area contributed by atoms with Crippen LogP contribution in [0.3, 0.4) is 0 Å². The summed E-state index contributed by atoms with van der Waals surface area (Å²) in [4.78, 5) is 13.7. The van der Waals surface area contributed by atoms with Crippen molar-refractivity contribution in [1.29, 1.82) is 0 Å². The summed E-state index contributed by atoms with van der Waals surface area (Å²) in [5.74, 6) is -0.0313. The minimum atomic E-state index is -4.35. The highest BCUT2D eigenvalue weighted by molar-refractivity contribution is 5.76. The largest absolute Gasteiger partial charge is 0.416 e. The first-order chi connectivity index (χ1) is 12.4. The minimum Gasteiger partial charge on any atom is -0.354 e. The number of hydrogen-bond donors (Lipinski definition) is 1. The second-order valence-electron chi connectivity index (χ2n) is 6.39. The van der Waals surface area contributed by atoms with Crippen molar-refractivity contribution in [3.05, 3.63) is 59.7 Å². The maximum atomic E-state index is 12.9. The van der Waals surface area contributed by atoms with E-state index >= 15 is 0 Å². The van der Waals surface area contributed by atoms with Crippen molar-refractivity contribution in [3.63, 3.8) is 0 Å². The van der Waals surface area contributed by atoms with Gasteiger partial charge in [-0.2, -0.15) is 13.2 Å². The number of amides is 1. The molecule has 1 amide bonds. The molecule has 1 unspecified atom stereocenters. The number of hydrogen-bond acceptors (Lipinski definition) is 2. The Bertz CT molecular complexity index is 771. The van der Waals surface area contributed by atoms with E-state index in [1.165, 1.54) is 12.1 Å². The monoisotopic (exact) mass is 362 g/mol. The fourth-order valence-electron chi connectivity index (χ4n) is 3.32. The number of nitrogens with zero attached hydrogens (tertiary/aromatic N) is 1. The topological polar surface area (TPSA) is 32.3 Å². The van der Waals surface area contributed by atoms with Crippen LogP contribution in [0.2, 0.25) is 0 Å². The zero-order valence-electron chi connectivity index (χ0n) is 14.5. The van der Waals surface area contributed by atoms with E-state index in [0.717, 1.165) is 36.2 Å². The molecule has 1 N–H and O–H groups in total. The van der Waals surface area contributed by atoms with E-state index in [1.54, 1.807) is 6.92 Å². The normalized spacial score (nSPS) is 16.9. The summed E-state index contributed by atoms with van der Waals surface area (Å²) in [5.41, 5.74) is 2.17. The van der Waals surface area contributed by atoms with Crippen molar-refractivity contribution >= 4 is 17.3 Å². The van der Waals surface area contributed by atoms with Crippen molar-refractivity contribution in [3.8, 4) is 0 Å². The van der Waals surface area contributed by atoms with Crippen LogP contribution in [0, 0.1) is 0 Å². The van der Waals surface area contributed by atoms with E-state index in [9.17, 15) is 18.0 Å². The Balaban J connectivity index is 1.93. The van der Waals surface area contributed by atoms with Crippen LogP contribution in [0.5, 0.6) is 0 Å². The fraction of sp³-hybridized carbons (Fsp3) is 0.350. The van der Waals surface area contributed by atoms with Crippen LogP contribution >= 0.6 is 0 Å². The van der Waals surface area contributed by atoms with Gasteiger partial charge >= 0.3 is 6.18 Å². The number of halogens is 3. The highest BCUT2D eigenvalue weighted by Crippen LogP contribution is 2.38. The smallest absolute Gasteiger partial charge is 0.354 e. The number of carbonyl (C=O) groups excluding carboxylic acids is 1. The summed E-state index contributed by atoms with van der Waals surface area (Å²) in [6.45, 7) is 2.25. The van der Waals surface area contributed by atoms with E-state index in [0.29, 0.717) is 18.7 Å². The lowest BCUT2D eigenvalue weighted by atomic mass is 9.94. The van der Waals surface area contributed by atoms with Crippen LogP contribution in [0.4, 0.5) is 24.5 Å². The molecule has 138 valence electrons. The summed E-state index contributed by atoms with van der Waals surface area (Å²) in [7, 11) is 0. The van der Waals surface area contributed by atoms with E-state index in [2.05, 4.69) is 5.32 Å². The average molecular weight is 362 g/mol. The molecule has 6 heteroatoms. The summed E-state index contributed by atoms with van der Waals surface area (Å²) < 4.78 is 38.6. The molecule has 3 nitrogen and oxygen atoms in total. The molecule has 0 bridgehead atoms. The molecule has 1 aliphatic rings. The molecular weight excluding hydrogens is 341 g/mol. The lowest BCUT2D eigenvalue weighted by molar-refractivity contribution is -0.137. The van der Waals surface area contributed by atoms with E-state index < -0.39 is 11.7 Å². The van der Waals surface area contributed by atoms with Crippen LogP contribution in [0.25, 0.3) is 0 Å². The molecule has 0 aliphatic carbocycles. The Labute approximate surface area is 150 Å². The zero-order chi connectivity index (χ0) is 18.7. The third-order valence-electron chi connectivity index (χ3n) is 4.69. The van der Waals surface area contributed by atoms with E-state index in [-0.39, 0.29) is 11.9 Å². The van der Waals surface area contributed by atoms with Crippen molar-refractivity contribution in [2.45, 2.75) is 38.4 Å². The zero-order valence-corrected chi connectivity index (χ0v) is 14.5. The molecule has 1 aliphatic heterocycles. The van der Waals surface area contributed by atoms with Crippen molar-refractivity contribution in [2.24, 2.45) is 0 Å². The molecule has 0 saturated carbocycles. The minimum absolute atomic E-state index is 0.00265. The fourth-order valence-corrected chi connectivity index (χ4v) is 3.32.